The first-order valence-corrected chi connectivity index (χ1v) is 10.2. The normalized spacial score (nSPS) is 45.1. The van der Waals surface area contributed by atoms with E-state index in [4.69, 9.17) is 5.73 Å². The second kappa shape index (κ2) is 5.50. The highest BCUT2D eigenvalue weighted by Crippen LogP contribution is 2.61. The fraction of sp³-hybridized carbons (Fsp3) is 1.00. The van der Waals surface area contributed by atoms with Gasteiger partial charge in [0.1, 0.15) is 0 Å². The van der Waals surface area contributed by atoms with Crippen LogP contribution in [-0.2, 0) is 0 Å². The maximum Gasteiger partial charge on any atom is 0.0187 e. The number of thioether (sulfide) groups is 1. The predicted molar refractivity (Wildman–Crippen MR) is 87.9 cm³/mol. The number of rotatable bonds is 5. The minimum atomic E-state index is 0.488. The number of hydrogen-bond donors (Lipinski definition) is 1. The lowest BCUT2D eigenvalue weighted by Crippen LogP contribution is -2.55. The molecule has 0 saturated heterocycles. The third-order valence-electron chi connectivity index (χ3n) is 7.00. The standard InChI is InChI=1S/C18H31NS/c19-17(12-20-11-13-3-1-2-4-13)18-8-14-5-15(9-18)7-16(6-14)10-18/h13-17H,1-12,19H2. The summed E-state index contributed by atoms with van der Waals surface area (Å²) in [5.41, 5.74) is 7.30. The van der Waals surface area contributed by atoms with Crippen LogP contribution in [0.25, 0.3) is 0 Å². The van der Waals surface area contributed by atoms with Gasteiger partial charge in [-0.25, -0.2) is 0 Å². The zero-order valence-electron chi connectivity index (χ0n) is 12.9. The fourth-order valence-electron chi connectivity index (χ4n) is 6.35. The van der Waals surface area contributed by atoms with Crippen LogP contribution in [0.1, 0.15) is 64.2 Å². The maximum atomic E-state index is 6.74. The summed E-state index contributed by atoms with van der Waals surface area (Å²) in [6.07, 6.45) is 15.0. The molecule has 1 nitrogen and oxygen atoms in total. The van der Waals surface area contributed by atoms with Gasteiger partial charge in [0.15, 0.2) is 0 Å². The minimum Gasteiger partial charge on any atom is -0.326 e. The molecule has 0 amide bonds. The second-order valence-corrected chi connectivity index (χ2v) is 9.65. The topological polar surface area (TPSA) is 26.0 Å². The lowest BCUT2D eigenvalue weighted by molar-refractivity contribution is -0.0629. The van der Waals surface area contributed by atoms with E-state index in [1.165, 1.54) is 56.5 Å². The molecule has 5 rings (SSSR count). The third-order valence-corrected chi connectivity index (χ3v) is 8.30. The van der Waals surface area contributed by atoms with Gasteiger partial charge in [0.05, 0.1) is 0 Å². The van der Waals surface area contributed by atoms with Crippen molar-refractivity contribution in [2.75, 3.05) is 11.5 Å². The molecule has 5 saturated carbocycles. The van der Waals surface area contributed by atoms with Crippen molar-refractivity contribution in [3.8, 4) is 0 Å². The lowest BCUT2D eigenvalue weighted by Gasteiger charge is -2.59. The summed E-state index contributed by atoms with van der Waals surface area (Å²) in [6.45, 7) is 0. The first-order chi connectivity index (χ1) is 9.73. The molecule has 20 heavy (non-hydrogen) atoms. The van der Waals surface area contributed by atoms with Gasteiger partial charge in [-0.05, 0) is 86.2 Å². The van der Waals surface area contributed by atoms with Gasteiger partial charge in [-0.15, -0.1) is 0 Å². The number of hydrogen-bond acceptors (Lipinski definition) is 2. The van der Waals surface area contributed by atoms with Crippen molar-refractivity contribution in [2.24, 2.45) is 34.8 Å². The average Bonchev–Trinajstić information content (AvgIpc) is 2.90. The molecule has 2 heteroatoms. The molecule has 114 valence electrons. The molecule has 0 aromatic rings. The minimum absolute atomic E-state index is 0.488. The highest BCUT2D eigenvalue weighted by Gasteiger charge is 2.53. The van der Waals surface area contributed by atoms with Gasteiger partial charge in [-0.3, -0.25) is 0 Å². The Balaban J connectivity index is 1.32. The molecular weight excluding hydrogens is 262 g/mol. The van der Waals surface area contributed by atoms with Crippen molar-refractivity contribution in [1.82, 2.24) is 0 Å². The molecular formula is C18H31NS. The summed E-state index contributed by atoms with van der Waals surface area (Å²) in [7, 11) is 0. The van der Waals surface area contributed by atoms with E-state index in [0.717, 1.165) is 23.7 Å². The van der Waals surface area contributed by atoms with E-state index in [1.807, 2.05) is 0 Å². The summed E-state index contributed by atoms with van der Waals surface area (Å²) in [4.78, 5) is 0. The SMILES string of the molecule is NC(CSCC1CCCC1)C12CC3CC(CC(C3)C1)C2. The van der Waals surface area contributed by atoms with E-state index in [9.17, 15) is 0 Å². The van der Waals surface area contributed by atoms with Gasteiger partial charge in [0, 0.05) is 11.8 Å². The van der Waals surface area contributed by atoms with E-state index >= 15 is 0 Å². The van der Waals surface area contributed by atoms with Gasteiger partial charge in [-0.1, -0.05) is 12.8 Å². The molecule has 0 aromatic carbocycles. The van der Waals surface area contributed by atoms with Gasteiger partial charge in [0.2, 0.25) is 0 Å². The molecule has 0 radical (unpaired) electrons. The maximum absolute atomic E-state index is 6.74. The van der Waals surface area contributed by atoms with Gasteiger partial charge >= 0.3 is 0 Å². The Morgan fingerprint density at radius 3 is 2.05 bits per heavy atom. The molecule has 5 fully saturated rings. The van der Waals surface area contributed by atoms with Crippen molar-refractivity contribution >= 4 is 11.8 Å². The van der Waals surface area contributed by atoms with Crippen molar-refractivity contribution in [3.63, 3.8) is 0 Å². The summed E-state index contributed by atoms with van der Waals surface area (Å²) >= 11 is 2.18. The lowest BCUT2D eigenvalue weighted by atomic mass is 9.48. The highest BCUT2D eigenvalue weighted by atomic mass is 32.2. The van der Waals surface area contributed by atoms with Crippen LogP contribution >= 0.6 is 11.8 Å². The van der Waals surface area contributed by atoms with E-state index in [0.29, 0.717) is 11.5 Å². The van der Waals surface area contributed by atoms with Crippen LogP contribution in [0.2, 0.25) is 0 Å². The molecule has 0 aromatic heterocycles. The molecule has 1 unspecified atom stereocenters. The van der Waals surface area contributed by atoms with Gasteiger partial charge in [0.25, 0.3) is 0 Å². The average molecular weight is 294 g/mol. The van der Waals surface area contributed by atoms with Crippen LogP contribution in [0.4, 0.5) is 0 Å². The molecule has 4 bridgehead atoms. The first-order valence-electron chi connectivity index (χ1n) is 9.07. The van der Waals surface area contributed by atoms with Crippen molar-refractivity contribution in [2.45, 2.75) is 70.3 Å². The molecule has 2 N–H and O–H groups in total. The van der Waals surface area contributed by atoms with Crippen molar-refractivity contribution in [3.05, 3.63) is 0 Å². The van der Waals surface area contributed by atoms with Crippen molar-refractivity contribution < 1.29 is 0 Å². The zero-order chi connectivity index (χ0) is 13.6. The summed E-state index contributed by atoms with van der Waals surface area (Å²) < 4.78 is 0. The zero-order valence-corrected chi connectivity index (χ0v) is 13.7. The summed E-state index contributed by atoms with van der Waals surface area (Å²) in [5.74, 6) is 6.79. The predicted octanol–water partition coefficient (Wildman–Crippen LogP) is 4.45. The van der Waals surface area contributed by atoms with E-state index in [-0.39, 0.29) is 0 Å². The largest absolute Gasteiger partial charge is 0.326 e. The molecule has 0 spiro atoms. The van der Waals surface area contributed by atoms with Crippen LogP contribution in [-0.4, -0.2) is 17.5 Å². The molecule has 0 heterocycles. The first kappa shape index (κ1) is 13.9. The smallest absolute Gasteiger partial charge is 0.0187 e. The van der Waals surface area contributed by atoms with E-state index < -0.39 is 0 Å². The van der Waals surface area contributed by atoms with E-state index in [1.54, 1.807) is 19.3 Å². The molecule has 5 aliphatic carbocycles. The van der Waals surface area contributed by atoms with Crippen LogP contribution in [0.15, 0.2) is 0 Å². The second-order valence-electron chi connectivity index (χ2n) is 8.57. The summed E-state index contributed by atoms with van der Waals surface area (Å²) in [5, 5.41) is 0. The Bertz CT molecular complexity index is 312. The van der Waals surface area contributed by atoms with Crippen molar-refractivity contribution in [1.29, 1.82) is 0 Å². The monoisotopic (exact) mass is 293 g/mol. The quantitative estimate of drug-likeness (QED) is 0.810. The Hall–Kier alpha value is 0.310. The van der Waals surface area contributed by atoms with Crippen LogP contribution in [0.3, 0.4) is 0 Å². The Labute approximate surface area is 128 Å². The van der Waals surface area contributed by atoms with E-state index in [2.05, 4.69) is 11.8 Å². The Morgan fingerprint density at radius 1 is 0.950 bits per heavy atom. The van der Waals surface area contributed by atoms with Gasteiger partial charge < -0.3 is 5.73 Å². The summed E-state index contributed by atoms with van der Waals surface area (Å²) in [6, 6.07) is 0.488. The van der Waals surface area contributed by atoms with Crippen LogP contribution in [0.5, 0.6) is 0 Å². The fourth-order valence-corrected chi connectivity index (χ4v) is 7.76. The third kappa shape index (κ3) is 2.56. The van der Waals surface area contributed by atoms with Crippen LogP contribution in [0, 0.1) is 29.1 Å². The van der Waals surface area contributed by atoms with Gasteiger partial charge in [-0.2, -0.15) is 11.8 Å². The Kier molecular flexibility index (Phi) is 3.83. The number of nitrogens with two attached hydrogens (primary N) is 1. The molecule has 5 aliphatic rings. The molecule has 1 atom stereocenters. The Morgan fingerprint density at radius 2 is 1.50 bits per heavy atom. The molecule has 0 aliphatic heterocycles. The highest BCUT2D eigenvalue weighted by molar-refractivity contribution is 7.99. The van der Waals surface area contributed by atoms with Crippen LogP contribution < -0.4 is 5.73 Å².